The molecule has 0 aliphatic carbocycles. The van der Waals surface area contributed by atoms with Crippen LogP contribution in [0.1, 0.15) is 30.6 Å². The number of non-ortho nitro benzene ring substituents is 1. The zero-order valence-corrected chi connectivity index (χ0v) is 12.2. The molecule has 0 saturated heterocycles. The lowest BCUT2D eigenvalue weighted by Crippen LogP contribution is -2.43. The third-order valence-corrected chi connectivity index (χ3v) is 2.98. The van der Waals surface area contributed by atoms with Gasteiger partial charge in [0.1, 0.15) is 5.82 Å². The molecule has 7 heteroatoms. The van der Waals surface area contributed by atoms with Gasteiger partial charge in [-0.2, -0.15) is 0 Å². The number of nitrogens with one attached hydrogen (secondary N) is 1. The Kier molecular flexibility index (Phi) is 4.99. The van der Waals surface area contributed by atoms with E-state index in [1.54, 1.807) is 0 Å². The third kappa shape index (κ3) is 4.27. The van der Waals surface area contributed by atoms with Crippen molar-refractivity contribution in [1.82, 2.24) is 5.32 Å². The predicted molar refractivity (Wildman–Crippen MR) is 73.0 cm³/mol. The molecular formula is C12H14BrFN2O3. The minimum Gasteiger partial charge on any atom is -0.347 e. The number of amides is 1. The van der Waals surface area contributed by atoms with Gasteiger partial charge in [-0.1, -0.05) is 15.9 Å². The minimum atomic E-state index is -0.902. The number of nitro benzene ring substituents is 1. The van der Waals surface area contributed by atoms with Crippen molar-refractivity contribution in [1.29, 1.82) is 0 Å². The highest BCUT2D eigenvalue weighted by molar-refractivity contribution is 9.09. The number of benzene rings is 1. The highest BCUT2D eigenvalue weighted by atomic mass is 79.9. The highest BCUT2D eigenvalue weighted by Crippen LogP contribution is 2.18. The maximum Gasteiger partial charge on any atom is 0.272 e. The van der Waals surface area contributed by atoms with Gasteiger partial charge in [0.2, 0.25) is 0 Å². The second-order valence-electron chi connectivity index (χ2n) is 4.70. The van der Waals surface area contributed by atoms with Gasteiger partial charge in [0.05, 0.1) is 16.6 Å². The van der Waals surface area contributed by atoms with Gasteiger partial charge >= 0.3 is 0 Å². The number of alkyl halides is 1. The lowest BCUT2D eigenvalue weighted by atomic mass is 10.0. The molecule has 0 bridgehead atoms. The van der Waals surface area contributed by atoms with E-state index in [4.69, 9.17) is 0 Å². The molecule has 104 valence electrons. The zero-order chi connectivity index (χ0) is 14.6. The topological polar surface area (TPSA) is 72.2 Å². The van der Waals surface area contributed by atoms with Crippen LogP contribution in [0.25, 0.3) is 0 Å². The van der Waals surface area contributed by atoms with E-state index < -0.39 is 22.2 Å². The van der Waals surface area contributed by atoms with Gasteiger partial charge in [0, 0.05) is 16.9 Å². The average Bonchev–Trinajstić information content (AvgIpc) is 2.27. The summed E-state index contributed by atoms with van der Waals surface area (Å²) in [7, 11) is 0. The van der Waals surface area contributed by atoms with Crippen molar-refractivity contribution < 1.29 is 14.1 Å². The Morgan fingerprint density at radius 1 is 1.53 bits per heavy atom. The Morgan fingerprint density at radius 2 is 2.16 bits per heavy atom. The van der Waals surface area contributed by atoms with Crippen LogP contribution in [-0.4, -0.2) is 21.7 Å². The summed E-state index contributed by atoms with van der Waals surface area (Å²) in [6, 6.07) is 2.97. The molecule has 0 atom stereocenters. The van der Waals surface area contributed by atoms with Crippen LogP contribution < -0.4 is 5.32 Å². The first kappa shape index (κ1) is 15.6. The minimum absolute atomic E-state index is 0.201. The number of nitrogens with zero attached hydrogens (tertiary/aromatic N) is 1. The van der Waals surface area contributed by atoms with Crippen LogP contribution in [0.2, 0.25) is 0 Å². The van der Waals surface area contributed by atoms with Gasteiger partial charge in [0.25, 0.3) is 11.6 Å². The van der Waals surface area contributed by atoms with E-state index in [0.717, 1.165) is 18.2 Å². The van der Waals surface area contributed by atoms with E-state index in [1.165, 1.54) is 0 Å². The maximum absolute atomic E-state index is 13.6. The first-order chi connectivity index (χ1) is 8.76. The van der Waals surface area contributed by atoms with Crippen LogP contribution in [0.15, 0.2) is 18.2 Å². The molecule has 0 saturated carbocycles. The lowest BCUT2D eigenvalue weighted by molar-refractivity contribution is -0.385. The number of carbonyl (C=O) groups is 1. The fourth-order valence-electron chi connectivity index (χ4n) is 1.48. The van der Waals surface area contributed by atoms with Crippen LogP contribution in [0.4, 0.5) is 10.1 Å². The summed E-state index contributed by atoms with van der Waals surface area (Å²) >= 11 is 3.27. The van der Waals surface area contributed by atoms with Crippen molar-refractivity contribution >= 4 is 27.5 Å². The Hall–Kier alpha value is -1.50. The molecule has 0 unspecified atom stereocenters. The summed E-state index contributed by atoms with van der Waals surface area (Å²) in [4.78, 5) is 21.7. The molecular weight excluding hydrogens is 319 g/mol. The van der Waals surface area contributed by atoms with E-state index in [0.29, 0.717) is 11.8 Å². The molecule has 0 heterocycles. The van der Waals surface area contributed by atoms with E-state index in [-0.39, 0.29) is 11.3 Å². The van der Waals surface area contributed by atoms with Crippen molar-refractivity contribution in [3.63, 3.8) is 0 Å². The van der Waals surface area contributed by atoms with Crippen LogP contribution in [0.5, 0.6) is 0 Å². The summed E-state index contributed by atoms with van der Waals surface area (Å²) < 4.78 is 13.6. The number of hydrogen-bond acceptors (Lipinski definition) is 3. The number of carbonyl (C=O) groups excluding carboxylic acids is 1. The number of rotatable bonds is 5. The summed E-state index contributed by atoms with van der Waals surface area (Å²) in [5.74, 6) is -1.49. The third-order valence-electron chi connectivity index (χ3n) is 2.58. The van der Waals surface area contributed by atoms with E-state index in [1.807, 2.05) is 13.8 Å². The van der Waals surface area contributed by atoms with Gasteiger partial charge in [-0.3, -0.25) is 14.9 Å². The highest BCUT2D eigenvalue weighted by Gasteiger charge is 2.23. The lowest BCUT2D eigenvalue weighted by Gasteiger charge is -2.25. The van der Waals surface area contributed by atoms with E-state index in [2.05, 4.69) is 21.2 Å². The Balaban J connectivity index is 2.92. The number of halogens is 2. The molecule has 1 rings (SSSR count). The Labute approximate surface area is 118 Å². The fourth-order valence-corrected chi connectivity index (χ4v) is 2.47. The monoisotopic (exact) mass is 332 g/mol. The fraction of sp³-hybridized carbons (Fsp3) is 0.417. The molecule has 0 spiro atoms. The molecule has 1 amide bonds. The molecule has 0 aromatic heterocycles. The molecule has 0 aliphatic rings. The smallest absolute Gasteiger partial charge is 0.272 e. The van der Waals surface area contributed by atoms with Crippen molar-refractivity contribution in [2.24, 2.45) is 0 Å². The largest absolute Gasteiger partial charge is 0.347 e. The van der Waals surface area contributed by atoms with Crippen molar-refractivity contribution in [3.8, 4) is 0 Å². The van der Waals surface area contributed by atoms with Crippen LogP contribution in [0.3, 0.4) is 0 Å². The number of nitro groups is 1. The molecule has 0 aliphatic heterocycles. The molecule has 1 N–H and O–H groups in total. The molecule has 1 aromatic rings. The Bertz CT molecular complexity index is 506. The average molecular weight is 333 g/mol. The quantitative estimate of drug-likeness (QED) is 0.511. The van der Waals surface area contributed by atoms with Gasteiger partial charge < -0.3 is 5.32 Å². The summed E-state index contributed by atoms with van der Waals surface area (Å²) in [6.45, 7) is 3.63. The first-order valence-corrected chi connectivity index (χ1v) is 6.71. The molecule has 5 nitrogen and oxygen atoms in total. The normalized spacial score (nSPS) is 11.2. The van der Waals surface area contributed by atoms with Crippen LogP contribution in [0, 0.1) is 15.9 Å². The molecule has 0 radical (unpaired) electrons. The molecule has 0 fully saturated rings. The Morgan fingerprint density at radius 3 is 2.63 bits per heavy atom. The van der Waals surface area contributed by atoms with E-state index >= 15 is 0 Å². The van der Waals surface area contributed by atoms with Gasteiger partial charge in [-0.15, -0.1) is 0 Å². The first-order valence-electron chi connectivity index (χ1n) is 5.59. The maximum atomic E-state index is 13.6. The van der Waals surface area contributed by atoms with Gasteiger partial charge in [-0.05, 0) is 26.3 Å². The van der Waals surface area contributed by atoms with Gasteiger partial charge in [-0.25, -0.2) is 4.39 Å². The zero-order valence-electron chi connectivity index (χ0n) is 10.6. The standard InChI is InChI=1S/C12H14BrFN2O3/c1-12(2,5-6-13)15-11(17)9-4-3-8(16(18)19)7-10(9)14/h3-4,7H,5-6H2,1-2H3,(H,15,17). The van der Waals surface area contributed by atoms with Crippen LogP contribution >= 0.6 is 15.9 Å². The van der Waals surface area contributed by atoms with Crippen molar-refractivity contribution in [2.45, 2.75) is 25.8 Å². The van der Waals surface area contributed by atoms with Crippen molar-refractivity contribution in [3.05, 3.63) is 39.7 Å². The summed E-state index contributed by atoms with van der Waals surface area (Å²) in [5, 5.41) is 13.9. The summed E-state index contributed by atoms with van der Waals surface area (Å²) in [6.07, 6.45) is 0.674. The number of hydrogen-bond donors (Lipinski definition) is 1. The second kappa shape index (κ2) is 6.10. The van der Waals surface area contributed by atoms with Gasteiger partial charge in [0.15, 0.2) is 0 Å². The van der Waals surface area contributed by atoms with Crippen molar-refractivity contribution in [2.75, 3.05) is 5.33 Å². The SMILES string of the molecule is CC(C)(CCBr)NC(=O)c1ccc([N+](=O)[O-])cc1F. The summed E-state index contributed by atoms with van der Waals surface area (Å²) in [5.41, 5.74) is -1.07. The second-order valence-corrected chi connectivity index (χ2v) is 5.49. The van der Waals surface area contributed by atoms with Crippen LogP contribution in [-0.2, 0) is 0 Å². The molecule has 1 aromatic carbocycles. The predicted octanol–water partition coefficient (Wildman–Crippen LogP) is 3.03. The molecule has 19 heavy (non-hydrogen) atoms. The van der Waals surface area contributed by atoms with E-state index in [9.17, 15) is 19.3 Å².